The smallest absolute Gasteiger partial charge is 0.333 e. The van der Waals surface area contributed by atoms with Crippen molar-refractivity contribution < 1.29 is 23.8 Å². The number of rotatable bonds is 8. The van der Waals surface area contributed by atoms with E-state index in [1.165, 1.54) is 0 Å². The first kappa shape index (κ1) is 23.7. The van der Waals surface area contributed by atoms with Crippen molar-refractivity contribution in [2.75, 3.05) is 0 Å². The van der Waals surface area contributed by atoms with Crippen LogP contribution in [-0.4, -0.2) is 36.4 Å². The Hall–Kier alpha value is -1.62. The Balaban J connectivity index is 1.86. The third-order valence-electron chi connectivity index (χ3n) is 6.38. The first-order valence-electron chi connectivity index (χ1n) is 11.1. The molecule has 6 unspecified atom stereocenters. The first-order valence-corrected chi connectivity index (χ1v) is 11.1. The summed E-state index contributed by atoms with van der Waals surface area (Å²) >= 11 is 0. The zero-order valence-corrected chi connectivity index (χ0v) is 18.6. The second-order valence-corrected chi connectivity index (χ2v) is 8.79. The van der Waals surface area contributed by atoms with Gasteiger partial charge in [-0.25, -0.2) is 9.59 Å². The zero-order chi connectivity index (χ0) is 21.6. The number of ether oxygens (including phenoxy) is 3. The van der Waals surface area contributed by atoms with E-state index in [0.29, 0.717) is 23.0 Å². The monoisotopic (exact) mass is 406 g/mol. The van der Waals surface area contributed by atoms with Crippen molar-refractivity contribution in [1.82, 2.24) is 0 Å². The molecule has 0 aliphatic heterocycles. The van der Waals surface area contributed by atoms with Crippen molar-refractivity contribution >= 4 is 11.9 Å². The maximum absolute atomic E-state index is 11.9. The minimum absolute atomic E-state index is 0.0373. The molecule has 0 N–H and O–H groups in total. The summed E-state index contributed by atoms with van der Waals surface area (Å²) in [5, 5.41) is 0. The van der Waals surface area contributed by atoms with Crippen molar-refractivity contribution in [1.29, 1.82) is 0 Å². The van der Waals surface area contributed by atoms with Gasteiger partial charge in [0, 0.05) is 11.1 Å². The van der Waals surface area contributed by atoms with Gasteiger partial charge in [0.25, 0.3) is 0 Å². The molecule has 0 aromatic heterocycles. The molecule has 0 spiro atoms. The quantitative estimate of drug-likeness (QED) is 0.413. The summed E-state index contributed by atoms with van der Waals surface area (Å²) in [5.41, 5.74) is 0.904. The number of hydrogen-bond acceptors (Lipinski definition) is 5. The van der Waals surface area contributed by atoms with E-state index in [0.717, 1.165) is 51.4 Å². The van der Waals surface area contributed by atoms with Gasteiger partial charge in [0.15, 0.2) is 0 Å². The average Bonchev–Trinajstić information content (AvgIpc) is 2.69. The topological polar surface area (TPSA) is 61.8 Å². The Morgan fingerprint density at radius 3 is 1.45 bits per heavy atom. The molecule has 0 bridgehead atoms. The SMILES string of the molecule is C=C(C)C(=O)OC1CCC(OC2CCC(OC(=O)C(=C)C)C(CC)C2)CC1CC. The van der Waals surface area contributed by atoms with E-state index < -0.39 is 0 Å². The van der Waals surface area contributed by atoms with Crippen LogP contribution in [0.5, 0.6) is 0 Å². The van der Waals surface area contributed by atoms with E-state index in [1.807, 2.05) is 0 Å². The summed E-state index contributed by atoms with van der Waals surface area (Å²) in [6.07, 6.45) is 7.61. The molecule has 0 aromatic rings. The van der Waals surface area contributed by atoms with Gasteiger partial charge in [-0.2, -0.15) is 0 Å². The Bertz CT molecular complexity index is 558. The van der Waals surface area contributed by atoms with Gasteiger partial charge in [-0.1, -0.05) is 27.0 Å². The molecular formula is C24H38O5. The molecule has 2 aliphatic carbocycles. The van der Waals surface area contributed by atoms with Gasteiger partial charge in [-0.15, -0.1) is 0 Å². The number of carbonyl (C=O) groups is 2. The van der Waals surface area contributed by atoms with Crippen LogP contribution < -0.4 is 0 Å². The lowest BCUT2D eigenvalue weighted by Crippen LogP contribution is -2.41. The van der Waals surface area contributed by atoms with Crippen molar-refractivity contribution in [2.45, 2.75) is 103 Å². The standard InChI is InChI=1S/C24H38O5/c1-7-17-13-19(9-11-21(17)28-23(25)15(3)4)27-20-10-12-22(18(8-2)14-20)29-24(26)16(5)6/h17-22H,3,5,7-14H2,1-2,4,6H3. The summed E-state index contributed by atoms with van der Waals surface area (Å²) in [7, 11) is 0. The van der Waals surface area contributed by atoms with Crippen molar-refractivity contribution in [2.24, 2.45) is 11.8 Å². The molecule has 6 atom stereocenters. The lowest BCUT2D eigenvalue weighted by molar-refractivity contribution is -0.157. The zero-order valence-electron chi connectivity index (χ0n) is 18.6. The van der Waals surface area contributed by atoms with Crippen LogP contribution >= 0.6 is 0 Å². The summed E-state index contributed by atoms with van der Waals surface area (Å²) < 4.78 is 17.8. The Morgan fingerprint density at radius 2 is 1.14 bits per heavy atom. The molecule has 0 heterocycles. The second-order valence-electron chi connectivity index (χ2n) is 8.79. The Morgan fingerprint density at radius 1 is 0.759 bits per heavy atom. The first-order chi connectivity index (χ1) is 13.7. The highest BCUT2D eigenvalue weighted by molar-refractivity contribution is 5.87. The molecule has 2 fully saturated rings. The minimum Gasteiger partial charge on any atom is -0.459 e. The maximum atomic E-state index is 11.9. The molecule has 0 saturated heterocycles. The van der Waals surface area contributed by atoms with Crippen LogP contribution in [-0.2, 0) is 23.8 Å². The largest absolute Gasteiger partial charge is 0.459 e. The molecule has 5 heteroatoms. The van der Waals surface area contributed by atoms with Gasteiger partial charge in [0.05, 0.1) is 12.2 Å². The third kappa shape index (κ3) is 6.70. The van der Waals surface area contributed by atoms with E-state index in [1.54, 1.807) is 13.8 Å². The highest BCUT2D eigenvalue weighted by Gasteiger charge is 2.37. The van der Waals surface area contributed by atoms with Crippen molar-refractivity contribution in [3.63, 3.8) is 0 Å². The van der Waals surface area contributed by atoms with Crippen LogP contribution in [0.1, 0.15) is 79.1 Å². The van der Waals surface area contributed by atoms with Crippen LogP contribution in [0.3, 0.4) is 0 Å². The average molecular weight is 407 g/mol. The second kappa shape index (κ2) is 11.0. The molecule has 0 radical (unpaired) electrons. The van der Waals surface area contributed by atoms with Gasteiger partial charge in [-0.05, 0) is 77.0 Å². The molecule has 2 aliphatic rings. The predicted octanol–water partition coefficient (Wildman–Crippen LogP) is 5.14. The van der Waals surface area contributed by atoms with E-state index in [4.69, 9.17) is 14.2 Å². The molecule has 2 saturated carbocycles. The summed E-state index contributed by atoms with van der Waals surface area (Å²) in [5.74, 6) is 0.0706. The minimum atomic E-state index is -0.291. The highest BCUT2D eigenvalue weighted by atomic mass is 16.6. The summed E-state index contributed by atoms with van der Waals surface area (Å²) in [6, 6.07) is 0. The number of carbonyl (C=O) groups excluding carboxylic acids is 2. The molecule has 164 valence electrons. The van der Waals surface area contributed by atoms with Crippen molar-refractivity contribution in [3.05, 3.63) is 24.3 Å². The van der Waals surface area contributed by atoms with Crippen LogP contribution in [0.15, 0.2) is 24.3 Å². The normalized spacial score (nSPS) is 32.3. The van der Waals surface area contributed by atoms with Crippen LogP contribution in [0.25, 0.3) is 0 Å². The van der Waals surface area contributed by atoms with Gasteiger partial charge in [0.2, 0.25) is 0 Å². The van der Waals surface area contributed by atoms with Gasteiger partial charge < -0.3 is 14.2 Å². The fraction of sp³-hybridized carbons (Fsp3) is 0.750. The van der Waals surface area contributed by atoms with Crippen LogP contribution in [0.4, 0.5) is 0 Å². The molecule has 2 rings (SSSR count). The summed E-state index contributed by atoms with van der Waals surface area (Å²) in [6.45, 7) is 15.0. The van der Waals surface area contributed by atoms with Crippen molar-refractivity contribution in [3.8, 4) is 0 Å². The van der Waals surface area contributed by atoms with E-state index in [2.05, 4.69) is 27.0 Å². The predicted molar refractivity (Wildman–Crippen MR) is 113 cm³/mol. The van der Waals surface area contributed by atoms with Gasteiger partial charge in [-0.3, -0.25) is 0 Å². The molecule has 0 amide bonds. The van der Waals surface area contributed by atoms with E-state index >= 15 is 0 Å². The molecule has 29 heavy (non-hydrogen) atoms. The fourth-order valence-corrected chi connectivity index (χ4v) is 4.55. The van der Waals surface area contributed by atoms with Gasteiger partial charge >= 0.3 is 11.9 Å². The number of hydrogen-bond donors (Lipinski definition) is 0. The van der Waals surface area contributed by atoms with Crippen LogP contribution in [0.2, 0.25) is 0 Å². The molecule has 5 nitrogen and oxygen atoms in total. The number of esters is 2. The molecular weight excluding hydrogens is 368 g/mol. The third-order valence-corrected chi connectivity index (χ3v) is 6.38. The van der Waals surface area contributed by atoms with Crippen LogP contribution in [0, 0.1) is 11.8 Å². The van der Waals surface area contributed by atoms with Gasteiger partial charge in [0.1, 0.15) is 12.2 Å². The summed E-state index contributed by atoms with van der Waals surface area (Å²) in [4.78, 5) is 23.8. The Kier molecular flexibility index (Phi) is 8.94. The van der Waals surface area contributed by atoms with E-state index in [9.17, 15) is 9.59 Å². The van der Waals surface area contributed by atoms with E-state index in [-0.39, 0.29) is 36.4 Å². The highest BCUT2D eigenvalue weighted by Crippen LogP contribution is 2.36. The lowest BCUT2D eigenvalue weighted by Gasteiger charge is -2.40. The fourth-order valence-electron chi connectivity index (χ4n) is 4.55. The maximum Gasteiger partial charge on any atom is 0.333 e. The lowest BCUT2D eigenvalue weighted by atomic mass is 9.81. The molecule has 0 aromatic carbocycles. The Labute approximate surface area is 175 Å².